The zero-order chi connectivity index (χ0) is 22.6. The van der Waals surface area contributed by atoms with Gasteiger partial charge in [0.05, 0.1) is 6.10 Å². The van der Waals surface area contributed by atoms with Gasteiger partial charge in [-0.3, -0.25) is 5.32 Å². The maximum absolute atomic E-state index is 6.62. The van der Waals surface area contributed by atoms with Crippen LogP contribution in [-0.4, -0.2) is 42.7 Å². The van der Waals surface area contributed by atoms with Gasteiger partial charge in [0.15, 0.2) is 0 Å². The fourth-order valence-corrected chi connectivity index (χ4v) is 6.83. The van der Waals surface area contributed by atoms with Crippen LogP contribution < -0.4 is 5.32 Å². The van der Waals surface area contributed by atoms with Gasteiger partial charge in [-0.05, 0) is 101 Å². The van der Waals surface area contributed by atoms with E-state index in [9.17, 15) is 0 Å². The van der Waals surface area contributed by atoms with Crippen molar-refractivity contribution in [2.45, 2.75) is 103 Å². The number of hydrogen-bond donors (Lipinski definition) is 1. The Morgan fingerprint density at radius 1 is 1.06 bits per heavy atom. The lowest BCUT2D eigenvalue weighted by atomic mass is 9.77. The Kier molecular flexibility index (Phi) is 7.74. The molecule has 0 amide bonds. The van der Waals surface area contributed by atoms with Gasteiger partial charge in [0.25, 0.3) is 0 Å². The van der Waals surface area contributed by atoms with Crippen molar-refractivity contribution in [3.05, 3.63) is 47.7 Å². The van der Waals surface area contributed by atoms with Crippen molar-refractivity contribution in [3.8, 4) is 0 Å². The SMILES string of the molecule is CCNC(CCCC1OC2CCC3CCC=CC3=C2N1CC)OC1C=CC2CCC=CC2C1. The molecule has 1 N–H and O–H groups in total. The van der Waals surface area contributed by atoms with Crippen molar-refractivity contribution < 1.29 is 9.47 Å². The van der Waals surface area contributed by atoms with Gasteiger partial charge in [0, 0.05) is 12.2 Å². The summed E-state index contributed by atoms with van der Waals surface area (Å²) in [7, 11) is 0. The molecular weight excluding hydrogens is 408 g/mol. The number of ether oxygens (including phenoxy) is 2. The highest BCUT2D eigenvalue weighted by molar-refractivity contribution is 5.35. The zero-order valence-electron chi connectivity index (χ0n) is 20.8. The minimum Gasteiger partial charge on any atom is -0.356 e. The number of allylic oxidation sites excluding steroid dienone is 6. The number of nitrogens with one attached hydrogen (secondary N) is 1. The van der Waals surface area contributed by atoms with Gasteiger partial charge in [-0.2, -0.15) is 0 Å². The Morgan fingerprint density at radius 3 is 2.85 bits per heavy atom. The summed E-state index contributed by atoms with van der Waals surface area (Å²) in [5.74, 6) is 2.15. The lowest BCUT2D eigenvalue weighted by Crippen LogP contribution is -2.37. The zero-order valence-corrected chi connectivity index (χ0v) is 20.8. The van der Waals surface area contributed by atoms with Gasteiger partial charge in [-0.1, -0.05) is 43.4 Å². The second-order valence-electron chi connectivity index (χ2n) is 10.6. The number of hydrogen-bond acceptors (Lipinski definition) is 4. The summed E-state index contributed by atoms with van der Waals surface area (Å²) >= 11 is 0. The Bertz CT molecular complexity index is 784. The summed E-state index contributed by atoms with van der Waals surface area (Å²) in [6, 6.07) is 0. The topological polar surface area (TPSA) is 33.7 Å². The molecule has 1 fully saturated rings. The molecule has 4 heteroatoms. The molecule has 5 rings (SSSR count). The molecule has 7 unspecified atom stereocenters. The molecule has 33 heavy (non-hydrogen) atoms. The number of nitrogens with zero attached hydrogens (tertiary/aromatic N) is 1. The van der Waals surface area contributed by atoms with E-state index in [-0.39, 0.29) is 18.6 Å². The maximum Gasteiger partial charge on any atom is 0.130 e. The van der Waals surface area contributed by atoms with Gasteiger partial charge < -0.3 is 14.4 Å². The van der Waals surface area contributed by atoms with Crippen molar-refractivity contribution in [2.75, 3.05) is 13.1 Å². The second kappa shape index (κ2) is 10.9. The maximum atomic E-state index is 6.62. The molecule has 5 aliphatic rings. The first kappa shape index (κ1) is 23.4. The molecule has 0 aromatic rings. The third-order valence-corrected chi connectivity index (χ3v) is 8.48. The Hall–Kier alpha value is -1.36. The molecule has 182 valence electrons. The van der Waals surface area contributed by atoms with E-state index >= 15 is 0 Å². The highest BCUT2D eigenvalue weighted by Crippen LogP contribution is 2.44. The van der Waals surface area contributed by atoms with E-state index in [2.05, 4.69) is 60.5 Å². The van der Waals surface area contributed by atoms with E-state index in [1.165, 1.54) is 44.2 Å². The lowest BCUT2D eigenvalue weighted by Gasteiger charge is -2.34. The minimum absolute atomic E-state index is 0.125. The fourth-order valence-electron chi connectivity index (χ4n) is 6.83. The third kappa shape index (κ3) is 5.18. The van der Waals surface area contributed by atoms with Gasteiger partial charge in [0.1, 0.15) is 18.6 Å². The van der Waals surface area contributed by atoms with E-state index in [1.807, 2.05) is 0 Å². The Morgan fingerprint density at radius 2 is 1.97 bits per heavy atom. The quantitative estimate of drug-likeness (QED) is 0.339. The summed E-state index contributed by atoms with van der Waals surface area (Å²) in [4.78, 5) is 2.57. The third-order valence-electron chi connectivity index (χ3n) is 8.48. The molecule has 7 atom stereocenters. The van der Waals surface area contributed by atoms with Crippen LogP contribution in [0, 0.1) is 17.8 Å². The minimum atomic E-state index is 0.125. The number of fused-ring (bicyclic) bond motifs is 3. The smallest absolute Gasteiger partial charge is 0.130 e. The number of rotatable bonds is 9. The van der Waals surface area contributed by atoms with Crippen molar-refractivity contribution in [3.63, 3.8) is 0 Å². The molecule has 0 bridgehead atoms. The lowest BCUT2D eigenvalue weighted by molar-refractivity contribution is -0.0346. The molecule has 1 heterocycles. The fraction of sp³-hybridized carbons (Fsp3) is 0.724. The van der Waals surface area contributed by atoms with Crippen LogP contribution in [0.15, 0.2) is 47.7 Å². The average molecular weight is 453 g/mol. The summed E-state index contributed by atoms with van der Waals surface area (Å²) in [5.41, 5.74) is 3.09. The largest absolute Gasteiger partial charge is 0.356 e. The average Bonchev–Trinajstić information content (AvgIpc) is 3.22. The second-order valence-corrected chi connectivity index (χ2v) is 10.6. The standard InChI is InChI=1S/C29H44N2O2/c1-3-30-27(32-24-18-16-21-10-5-6-12-23(21)20-24)14-9-15-28-31(4-2)29-25-13-8-7-11-22(25)17-19-26(29)33-28/h6,8,12-13,16,18,21-24,26-28,30H,3-5,7,9-11,14-15,17,19-20H2,1-2H3. The van der Waals surface area contributed by atoms with Crippen LogP contribution in [0.1, 0.15) is 78.1 Å². The first-order chi connectivity index (χ1) is 16.3. The summed E-state index contributed by atoms with van der Waals surface area (Å²) in [6.07, 6.45) is 27.1. The van der Waals surface area contributed by atoms with E-state index < -0.39 is 0 Å². The summed E-state index contributed by atoms with van der Waals surface area (Å²) < 4.78 is 13.2. The predicted molar refractivity (Wildman–Crippen MR) is 134 cm³/mol. The highest BCUT2D eigenvalue weighted by Gasteiger charge is 2.41. The van der Waals surface area contributed by atoms with E-state index in [0.29, 0.717) is 12.0 Å². The Balaban J connectivity index is 1.16. The van der Waals surface area contributed by atoms with Crippen LogP contribution in [0.25, 0.3) is 0 Å². The monoisotopic (exact) mass is 452 g/mol. The van der Waals surface area contributed by atoms with Crippen LogP contribution >= 0.6 is 0 Å². The van der Waals surface area contributed by atoms with Crippen LogP contribution in [0.5, 0.6) is 0 Å². The van der Waals surface area contributed by atoms with E-state index in [0.717, 1.165) is 50.6 Å². The van der Waals surface area contributed by atoms with Gasteiger partial charge in [-0.15, -0.1) is 0 Å². The normalized spacial score (nSPS) is 36.0. The molecule has 0 saturated carbocycles. The summed E-state index contributed by atoms with van der Waals surface area (Å²) in [5, 5.41) is 3.59. The molecule has 0 spiro atoms. The van der Waals surface area contributed by atoms with Crippen LogP contribution in [-0.2, 0) is 9.47 Å². The van der Waals surface area contributed by atoms with Crippen molar-refractivity contribution in [1.29, 1.82) is 0 Å². The highest BCUT2D eigenvalue weighted by atomic mass is 16.5. The Labute approximate surface area is 201 Å². The van der Waals surface area contributed by atoms with Crippen molar-refractivity contribution in [1.82, 2.24) is 10.2 Å². The molecule has 4 nitrogen and oxygen atoms in total. The van der Waals surface area contributed by atoms with Gasteiger partial charge in [0.2, 0.25) is 0 Å². The van der Waals surface area contributed by atoms with Crippen LogP contribution in [0.2, 0.25) is 0 Å². The molecule has 1 aliphatic heterocycles. The van der Waals surface area contributed by atoms with Gasteiger partial charge >= 0.3 is 0 Å². The first-order valence-electron chi connectivity index (χ1n) is 13.8. The molecule has 0 aromatic carbocycles. The van der Waals surface area contributed by atoms with Crippen molar-refractivity contribution >= 4 is 0 Å². The molecule has 0 radical (unpaired) electrons. The van der Waals surface area contributed by atoms with E-state index in [1.54, 1.807) is 5.57 Å². The predicted octanol–water partition coefficient (Wildman–Crippen LogP) is 6.08. The number of likely N-dealkylation sites (N-methyl/N-ethyl adjacent to an activating group) is 1. The van der Waals surface area contributed by atoms with Crippen LogP contribution in [0.4, 0.5) is 0 Å². The first-order valence-corrected chi connectivity index (χ1v) is 13.8. The van der Waals surface area contributed by atoms with Gasteiger partial charge in [-0.25, -0.2) is 0 Å². The molecule has 1 saturated heterocycles. The van der Waals surface area contributed by atoms with E-state index in [4.69, 9.17) is 9.47 Å². The molecular formula is C29H44N2O2. The summed E-state index contributed by atoms with van der Waals surface area (Å²) in [6.45, 7) is 6.45. The van der Waals surface area contributed by atoms with Crippen molar-refractivity contribution in [2.24, 2.45) is 17.8 Å². The molecule has 0 aromatic heterocycles. The van der Waals surface area contributed by atoms with Crippen LogP contribution in [0.3, 0.4) is 0 Å². The molecule has 4 aliphatic carbocycles.